The molecule has 0 spiro atoms. The minimum absolute atomic E-state index is 0.120. The smallest absolute Gasteiger partial charge is 0.261 e. The van der Waals surface area contributed by atoms with E-state index in [9.17, 15) is 9.18 Å². The summed E-state index contributed by atoms with van der Waals surface area (Å²) >= 11 is 0. The Balaban J connectivity index is 1.66. The quantitative estimate of drug-likeness (QED) is 0.145. The van der Waals surface area contributed by atoms with Crippen molar-refractivity contribution in [2.24, 2.45) is 5.73 Å². The molecule has 4 aromatic carbocycles. The van der Waals surface area contributed by atoms with Crippen molar-refractivity contribution in [3.63, 3.8) is 0 Å². The van der Waals surface area contributed by atoms with E-state index in [1.165, 1.54) is 6.08 Å². The van der Waals surface area contributed by atoms with Crippen LogP contribution in [-0.4, -0.2) is 32.9 Å². The minimum atomic E-state index is -3.11. The zero-order chi connectivity index (χ0) is 33.8. The van der Waals surface area contributed by atoms with Gasteiger partial charge < -0.3 is 24.1 Å². The number of benzene rings is 4. The van der Waals surface area contributed by atoms with Crippen LogP contribution in [-0.2, 0) is 4.43 Å². The largest absolute Gasteiger partial charge is 0.497 e. The fourth-order valence-electron chi connectivity index (χ4n) is 5.71. The van der Waals surface area contributed by atoms with E-state index in [1.807, 2.05) is 60.7 Å². The highest BCUT2D eigenvalue weighted by Crippen LogP contribution is 2.39. The molecule has 0 aliphatic rings. The van der Waals surface area contributed by atoms with E-state index in [2.05, 4.69) is 27.4 Å². The number of nitrogens with zero attached hydrogens (tertiary/aromatic N) is 1. The summed E-state index contributed by atoms with van der Waals surface area (Å²) in [6.07, 6.45) is 0.380. The van der Waals surface area contributed by atoms with E-state index < -0.39 is 43.3 Å². The number of primary amides is 1. The van der Waals surface area contributed by atoms with E-state index in [4.69, 9.17) is 29.0 Å². The van der Waals surface area contributed by atoms with E-state index in [1.54, 1.807) is 31.4 Å². The van der Waals surface area contributed by atoms with Gasteiger partial charge in [-0.3, -0.25) is 4.79 Å². The molecule has 1 heterocycles. The van der Waals surface area contributed by atoms with Crippen LogP contribution < -0.4 is 25.6 Å². The lowest BCUT2D eigenvalue weighted by molar-refractivity contribution is 0.0983. The van der Waals surface area contributed by atoms with Gasteiger partial charge in [0.15, 0.2) is 23.4 Å². The molecule has 5 aromatic rings. The SMILES string of the molecule is C=Cc1oc(-c2ccc(OC)cc2)nc1C(CO[Si](c1ccccc1)(c1ccccc1)C(C)(C)C)Oc1ccc(F)c(C(N)=O)c1F. The van der Waals surface area contributed by atoms with E-state index in [0.29, 0.717) is 11.3 Å². The number of aromatic nitrogens is 1. The van der Waals surface area contributed by atoms with Gasteiger partial charge in [0.05, 0.1) is 13.7 Å². The van der Waals surface area contributed by atoms with Crippen molar-refractivity contribution >= 4 is 30.7 Å². The van der Waals surface area contributed by atoms with Gasteiger partial charge in [-0.05, 0) is 57.9 Å². The van der Waals surface area contributed by atoms with Gasteiger partial charge in [0.1, 0.15) is 22.8 Å². The summed E-state index contributed by atoms with van der Waals surface area (Å²) in [4.78, 5) is 16.7. The molecule has 0 radical (unpaired) electrons. The summed E-state index contributed by atoms with van der Waals surface area (Å²) in [6, 6.07) is 29.1. The zero-order valence-electron chi connectivity index (χ0n) is 26.6. The first kappa shape index (κ1) is 33.3. The van der Waals surface area contributed by atoms with Crippen LogP contribution in [0.5, 0.6) is 11.5 Å². The maximum Gasteiger partial charge on any atom is 0.261 e. The van der Waals surface area contributed by atoms with Gasteiger partial charge in [-0.2, -0.15) is 0 Å². The van der Waals surface area contributed by atoms with Gasteiger partial charge in [0.2, 0.25) is 5.89 Å². The molecule has 242 valence electrons. The van der Waals surface area contributed by atoms with Crippen LogP contribution in [0, 0.1) is 11.6 Å². The normalized spacial score (nSPS) is 12.4. The predicted octanol–water partition coefficient (Wildman–Crippen LogP) is 7.07. The number of carbonyl (C=O) groups is 1. The molecule has 0 saturated heterocycles. The Bertz CT molecular complexity index is 1820. The first-order valence-corrected chi connectivity index (χ1v) is 16.9. The number of methoxy groups -OCH3 is 1. The molecular weight excluding hydrogens is 618 g/mol. The van der Waals surface area contributed by atoms with Crippen LogP contribution >= 0.6 is 0 Å². The van der Waals surface area contributed by atoms with E-state index in [-0.39, 0.29) is 29.0 Å². The lowest BCUT2D eigenvalue weighted by Crippen LogP contribution is -2.66. The standard InChI is InChI=1S/C37H36F2N2O5Si/c1-6-29-34(41-36(46-29)24-17-19-25(43-5)20-18-24)31(45-30-22-21-28(38)32(33(30)39)35(40)42)23-44-47(37(2,3)4,26-13-9-7-10-14-26)27-15-11-8-12-16-27/h6-22,31H,1,23H2,2-5H3,(H2,40,42). The number of amides is 1. The van der Waals surface area contributed by atoms with Crippen LogP contribution in [0.2, 0.25) is 5.04 Å². The van der Waals surface area contributed by atoms with Crippen molar-refractivity contribution in [2.45, 2.75) is 31.9 Å². The van der Waals surface area contributed by atoms with E-state index in [0.717, 1.165) is 22.5 Å². The summed E-state index contributed by atoms with van der Waals surface area (Å²) in [7, 11) is -1.55. The molecule has 47 heavy (non-hydrogen) atoms. The average molecular weight is 655 g/mol. The highest BCUT2D eigenvalue weighted by molar-refractivity contribution is 6.99. The Morgan fingerprint density at radius 1 is 0.957 bits per heavy atom. The number of carbonyl (C=O) groups excluding carboxylic acids is 1. The van der Waals surface area contributed by atoms with Crippen LogP contribution in [0.3, 0.4) is 0 Å². The summed E-state index contributed by atoms with van der Waals surface area (Å²) in [5.74, 6) is -2.81. The molecule has 0 aliphatic carbocycles. The lowest BCUT2D eigenvalue weighted by Gasteiger charge is -2.43. The fraction of sp³-hybridized carbons (Fsp3) is 0.189. The van der Waals surface area contributed by atoms with Gasteiger partial charge in [-0.25, -0.2) is 13.8 Å². The third-order valence-electron chi connectivity index (χ3n) is 7.95. The minimum Gasteiger partial charge on any atom is -0.497 e. The molecule has 0 aliphatic heterocycles. The van der Waals surface area contributed by atoms with Crippen LogP contribution in [0.1, 0.15) is 48.7 Å². The molecular formula is C37H36F2N2O5Si. The van der Waals surface area contributed by atoms with Crippen molar-refractivity contribution in [3.05, 3.63) is 132 Å². The molecule has 7 nitrogen and oxygen atoms in total. The number of ether oxygens (including phenoxy) is 2. The van der Waals surface area contributed by atoms with Gasteiger partial charge in [-0.15, -0.1) is 0 Å². The molecule has 2 N–H and O–H groups in total. The summed E-state index contributed by atoms with van der Waals surface area (Å²) in [6.45, 7) is 10.2. The van der Waals surface area contributed by atoms with Crippen molar-refractivity contribution in [1.29, 1.82) is 0 Å². The number of nitrogens with two attached hydrogens (primary N) is 1. The van der Waals surface area contributed by atoms with Crippen LogP contribution in [0.25, 0.3) is 17.5 Å². The fourth-order valence-corrected chi connectivity index (χ4v) is 10.3. The monoisotopic (exact) mass is 654 g/mol. The number of hydrogen-bond acceptors (Lipinski definition) is 6. The van der Waals surface area contributed by atoms with Crippen molar-refractivity contribution in [3.8, 4) is 23.0 Å². The maximum atomic E-state index is 15.6. The molecule has 5 rings (SSSR count). The van der Waals surface area contributed by atoms with Crippen LogP contribution in [0.15, 0.2) is 108 Å². The van der Waals surface area contributed by atoms with E-state index >= 15 is 4.39 Å². The second kappa shape index (κ2) is 13.7. The molecule has 10 heteroatoms. The second-order valence-corrected chi connectivity index (χ2v) is 16.2. The van der Waals surface area contributed by atoms with Gasteiger partial charge >= 0.3 is 0 Å². The van der Waals surface area contributed by atoms with Crippen molar-refractivity contribution in [2.75, 3.05) is 13.7 Å². The van der Waals surface area contributed by atoms with Gasteiger partial charge in [0.25, 0.3) is 14.2 Å². The first-order chi connectivity index (χ1) is 22.5. The maximum absolute atomic E-state index is 15.6. The highest BCUT2D eigenvalue weighted by Gasteiger charge is 2.50. The van der Waals surface area contributed by atoms with Crippen molar-refractivity contribution < 1.29 is 31.9 Å². The molecule has 1 aromatic heterocycles. The Labute approximate surface area is 273 Å². The average Bonchev–Trinajstić information content (AvgIpc) is 3.50. The zero-order valence-corrected chi connectivity index (χ0v) is 27.6. The number of halogens is 2. The molecule has 0 bridgehead atoms. The summed E-state index contributed by atoms with van der Waals surface area (Å²) in [5.41, 5.74) is 5.32. The molecule has 0 fully saturated rings. The number of oxazole rings is 1. The third kappa shape index (κ3) is 6.60. The lowest BCUT2D eigenvalue weighted by atomic mass is 10.1. The topological polar surface area (TPSA) is 96.8 Å². The Hall–Kier alpha value is -5.06. The second-order valence-electron chi connectivity index (χ2n) is 11.9. The van der Waals surface area contributed by atoms with Crippen LogP contribution in [0.4, 0.5) is 8.78 Å². The first-order valence-electron chi connectivity index (χ1n) is 15.0. The molecule has 1 atom stereocenters. The third-order valence-corrected chi connectivity index (χ3v) is 13.0. The highest BCUT2D eigenvalue weighted by atomic mass is 28.4. The Morgan fingerprint density at radius 3 is 2.06 bits per heavy atom. The Kier molecular flexibility index (Phi) is 9.74. The molecule has 1 amide bonds. The molecule has 1 unspecified atom stereocenters. The Morgan fingerprint density at radius 2 is 1.55 bits per heavy atom. The summed E-state index contributed by atoms with van der Waals surface area (Å²) < 4.78 is 54.8. The van der Waals surface area contributed by atoms with Gasteiger partial charge in [-0.1, -0.05) is 88.0 Å². The number of rotatable bonds is 12. The van der Waals surface area contributed by atoms with Crippen molar-refractivity contribution in [1.82, 2.24) is 4.98 Å². The molecule has 0 saturated carbocycles. The van der Waals surface area contributed by atoms with Gasteiger partial charge in [0, 0.05) is 5.56 Å². The predicted molar refractivity (Wildman–Crippen MR) is 180 cm³/mol. The number of hydrogen-bond donors (Lipinski definition) is 1. The summed E-state index contributed by atoms with van der Waals surface area (Å²) in [5, 5.41) is 1.65.